The van der Waals surface area contributed by atoms with E-state index >= 15 is 0 Å². The van der Waals surface area contributed by atoms with E-state index < -0.39 is 0 Å². The fraction of sp³-hybridized carbons (Fsp3) is 0.500. The lowest BCUT2D eigenvalue weighted by Crippen LogP contribution is -2.27. The van der Waals surface area contributed by atoms with Gasteiger partial charge in [-0.25, -0.2) is 0 Å². The van der Waals surface area contributed by atoms with Crippen molar-refractivity contribution in [2.45, 2.75) is 27.7 Å². The molecule has 17 heavy (non-hydrogen) atoms. The van der Waals surface area contributed by atoms with E-state index in [1.807, 2.05) is 25.1 Å². The summed E-state index contributed by atoms with van der Waals surface area (Å²) in [6, 6.07) is 5.83. The number of carbonyl (C=O) groups is 1. The quantitative estimate of drug-likeness (QED) is 0.822. The number of anilines is 1. The van der Waals surface area contributed by atoms with Crippen LogP contribution in [0.2, 0.25) is 0 Å². The summed E-state index contributed by atoms with van der Waals surface area (Å²) in [5, 5.41) is 6.16. The van der Waals surface area contributed by atoms with Crippen LogP contribution in [0.3, 0.4) is 0 Å². The molecule has 0 aliphatic carbocycles. The molecule has 3 heteroatoms. The molecule has 0 saturated heterocycles. The molecule has 0 aliphatic heterocycles. The third-order valence-corrected chi connectivity index (χ3v) is 2.52. The van der Waals surface area contributed by atoms with Gasteiger partial charge in [-0.1, -0.05) is 13.8 Å². The smallest absolute Gasteiger partial charge is 0.251 e. The molecule has 0 radical (unpaired) electrons. The van der Waals surface area contributed by atoms with E-state index in [0.717, 1.165) is 23.4 Å². The zero-order valence-electron chi connectivity index (χ0n) is 11.1. The number of hydrogen-bond donors (Lipinski definition) is 2. The van der Waals surface area contributed by atoms with Crippen LogP contribution in [0.15, 0.2) is 18.2 Å². The number of amides is 1. The maximum atomic E-state index is 11.9. The van der Waals surface area contributed by atoms with Crippen molar-refractivity contribution in [3.63, 3.8) is 0 Å². The molecule has 0 atom stereocenters. The standard InChI is InChI=1S/C14H22N2O/c1-5-15-12-6-7-13(11(4)8-12)14(17)16-9-10(2)3/h6-8,10,15H,5,9H2,1-4H3,(H,16,17). The summed E-state index contributed by atoms with van der Waals surface area (Å²) in [6.45, 7) is 9.79. The third-order valence-electron chi connectivity index (χ3n) is 2.52. The van der Waals surface area contributed by atoms with E-state index in [0.29, 0.717) is 12.5 Å². The first kappa shape index (κ1) is 13.6. The lowest BCUT2D eigenvalue weighted by atomic mass is 10.1. The highest BCUT2D eigenvalue weighted by molar-refractivity contribution is 5.96. The number of nitrogens with one attached hydrogen (secondary N) is 2. The first-order valence-electron chi connectivity index (χ1n) is 6.17. The van der Waals surface area contributed by atoms with Gasteiger partial charge in [0.2, 0.25) is 0 Å². The van der Waals surface area contributed by atoms with Gasteiger partial charge >= 0.3 is 0 Å². The molecule has 0 spiro atoms. The van der Waals surface area contributed by atoms with Crippen LogP contribution in [0.25, 0.3) is 0 Å². The fourth-order valence-corrected chi connectivity index (χ4v) is 1.62. The molecule has 0 unspecified atom stereocenters. The van der Waals surface area contributed by atoms with Gasteiger partial charge < -0.3 is 10.6 Å². The molecular weight excluding hydrogens is 212 g/mol. The SMILES string of the molecule is CCNc1ccc(C(=O)NCC(C)C)c(C)c1. The van der Waals surface area contributed by atoms with Crippen LogP contribution < -0.4 is 10.6 Å². The van der Waals surface area contributed by atoms with Crippen molar-refractivity contribution in [3.05, 3.63) is 29.3 Å². The average Bonchev–Trinajstić information content (AvgIpc) is 2.26. The van der Waals surface area contributed by atoms with E-state index in [1.54, 1.807) is 0 Å². The first-order valence-corrected chi connectivity index (χ1v) is 6.17. The summed E-state index contributed by atoms with van der Waals surface area (Å²) >= 11 is 0. The molecule has 0 heterocycles. The highest BCUT2D eigenvalue weighted by Gasteiger charge is 2.09. The van der Waals surface area contributed by atoms with Gasteiger partial charge in [-0.3, -0.25) is 4.79 Å². The highest BCUT2D eigenvalue weighted by atomic mass is 16.1. The number of hydrogen-bond acceptors (Lipinski definition) is 2. The van der Waals surface area contributed by atoms with Crippen molar-refractivity contribution in [3.8, 4) is 0 Å². The second-order valence-corrected chi connectivity index (χ2v) is 4.66. The van der Waals surface area contributed by atoms with Crippen LogP contribution in [0.5, 0.6) is 0 Å². The maximum Gasteiger partial charge on any atom is 0.251 e. The molecule has 0 saturated carbocycles. The van der Waals surface area contributed by atoms with Crippen LogP contribution in [0.1, 0.15) is 36.7 Å². The second-order valence-electron chi connectivity index (χ2n) is 4.66. The maximum absolute atomic E-state index is 11.9. The Morgan fingerprint density at radius 2 is 2.06 bits per heavy atom. The Bertz CT molecular complexity index is 386. The summed E-state index contributed by atoms with van der Waals surface area (Å²) in [4.78, 5) is 11.9. The minimum Gasteiger partial charge on any atom is -0.385 e. The van der Waals surface area contributed by atoms with Gasteiger partial charge in [-0.15, -0.1) is 0 Å². The fourth-order valence-electron chi connectivity index (χ4n) is 1.62. The molecule has 94 valence electrons. The minimum atomic E-state index is 0.0132. The molecular formula is C14H22N2O. The molecule has 0 aliphatic rings. The van der Waals surface area contributed by atoms with Crippen molar-refractivity contribution in [1.82, 2.24) is 5.32 Å². The van der Waals surface area contributed by atoms with E-state index in [1.165, 1.54) is 0 Å². The van der Waals surface area contributed by atoms with Crippen LogP contribution in [0, 0.1) is 12.8 Å². The Morgan fingerprint density at radius 1 is 1.35 bits per heavy atom. The Balaban J connectivity index is 2.74. The highest BCUT2D eigenvalue weighted by Crippen LogP contribution is 2.15. The minimum absolute atomic E-state index is 0.0132. The van der Waals surface area contributed by atoms with Crippen molar-refractivity contribution >= 4 is 11.6 Å². The Morgan fingerprint density at radius 3 is 2.59 bits per heavy atom. The molecule has 1 aromatic rings. The third kappa shape index (κ3) is 4.10. The number of rotatable bonds is 5. The van der Waals surface area contributed by atoms with Gasteiger partial charge in [0.25, 0.3) is 5.91 Å². The summed E-state index contributed by atoms with van der Waals surface area (Å²) in [5.41, 5.74) is 2.82. The van der Waals surface area contributed by atoms with Crippen LogP contribution in [-0.2, 0) is 0 Å². The van der Waals surface area contributed by atoms with Gasteiger partial charge in [-0.05, 0) is 43.5 Å². The largest absolute Gasteiger partial charge is 0.385 e. The zero-order chi connectivity index (χ0) is 12.8. The van der Waals surface area contributed by atoms with Crippen LogP contribution in [0.4, 0.5) is 5.69 Å². The lowest BCUT2D eigenvalue weighted by molar-refractivity contribution is 0.0948. The number of carbonyl (C=O) groups excluding carboxylic acids is 1. The molecule has 2 N–H and O–H groups in total. The Hall–Kier alpha value is -1.51. The summed E-state index contributed by atoms with van der Waals surface area (Å²) in [7, 11) is 0. The van der Waals surface area contributed by atoms with Gasteiger partial charge in [0.1, 0.15) is 0 Å². The second kappa shape index (κ2) is 6.28. The molecule has 1 amide bonds. The monoisotopic (exact) mass is 234 g/mol. The predicted octanol–water partition coefficient (Wildman–Crippen LogP) is 2.81. The molecule has 1 aromatic carbocycles. The summed E-state index contributed by atoms with van der Waals surface area (Å²) in [5.74, 6) is 0.486. The van der Waals surface area contributed by atoms with Crippen molar-refractivity contribution in [1.29, 1.82) is 0 Å². The van der Waals surface area contributed by atoms with Gasteiger partial charge in [0, 0.05) is 24.3 Å². The number of benzene rings is 1. The Labute approximate surface area is 104 Å². The van der Waals surface area contributed by atoms with E-state index in [9.17, 15) is 4.79 Å². The van der Waals surface area contributed by atoms with Crippen LogP contribution in [-0.4, -0.2) is 19.0 Å². The van der Waals surface area contributed by atoms with E-state index in [4.69, 9.17) is 0 Å². The van der Waals surface area contributed by atoms with Crippen molar-refractivity contribution in [2.75, 3.05) is 18.4 Å². The predicted molar refractivity (Wildman–Crippen MR) is 72.5 cm³/mol. The van der Waals surface area contributed by atoms with E-state index in [2.05, 4.69) is 31.4 Å². The molecule has 0 aromatic heterocycles. The number of aryl methyl sites for hydroxylation is 1. The van der Waals surface area contributed by atoms with Crippen molar-refractivity contribution in [2.24, 2.45) is 5.92 Å². The summed E-state index contributed by atoms with van der Waals surface area (Å²) < 4.78 is 0. The first-order chi connectivity index (χ1) is 8.04. The molecule has 0 bridgehead atoms. The van der Waals surface area contributed by atoms with Crippen LogP contribution >= 0.6 is 0 Å². The van der Waals surface area contributed by atoms with Gasteiger partial charge in [-0.2, -0.15) is 0 Å². The molecule has 1 rings (SSSR count). The summed E-state index contributed by atoms with van der Waals surface area (Å²) in [6.07, 6.45) is 0. The Kier molecular flexibility index (Phi) is 5.01. The zero-order valence-corrected chi connectivity index (χ0v) is 11.1. The lowest BCUT2D eigenvalue weighted by Gasteiger charge is -2.11. The van der Waals surface area contributed by atoms with Gasteiger partial charge in [0.15, 0.2) is 0 Å². The molecule has 3 nitrogen and oxygen atoms in total. The molecule has 0 fully saturated rings. The van der Waals surface area contributed by atoms with E-state index in [-0.39, 0.29) is 5.91 Å². The van der Waals surface area contributed by atoms with Gasteiger partial charge in [0.05, 0.1) is 0 Å². The average molecular weight is 234 g/mol. The normalized spacial score (nSPS) is 10.4. The van der Waals surface area contributed by atoms with Crippen molar-refractivity contribution < 1.29 is 4.79 Å². The topological polar surface area (TPSA) is 41.1 Å².